The lowest BCUT2D eigenvalue weighted by molar-refractivity contribution is 0.0138. The highest BCUT2D eigenvalue weighted by Crippen LogP contribution is 2.43. The molecule has 0 spiro atoms. The molecule has 0 aromatic heterocycles. The largest absolute Gasteiger partial charge is 0.508 e. The number of nitriles is 1. The van der Waals surface area contributed by atoms with Crippen molar-refractivity contribution in [3.63, 3.8) is 0 Å². The Balaban J connectivity index is 2.26. The number of hydrogen-bond donors (Lipinski definition) is 3. The Bertz CT molecular complexity index is 844. The molecule has 3 N–H and O–H groups in total. The number of anilines is 1. The van der Waals surface area contributed by atoms with Crippen molar-refractivity contribution in [2.75, 3.05) is 11.9 Å². The summed E-state index contributed by atoms with van der Waals surface area (Å²) in [5.41, 5.74) is 0.845. The molecule has 1 amide bonds. The van der Waals surface area contributed by atoms with E-state index in [0.29, 0.717) is 23.2 Å². The number of phenols is 1. The van der Waals surface area contributed by atoms with Gasteiger partial charge in [0.15, 0.2) is 0 Å². The van der Waals surface area contributed by atoms with Crippen molar-refractivity contribution in [2.24, 2.45) is 5.41 Å². The summed E-state index contributed by atoms with van der Waals surface area (Å²) in [6.45, 7) is 3.65. The highest BCUT2D eigenvalue weighted by Gasteiger charge is 2.35. The van der Waals surface area contributed by atoms with E-state index in [1.165, 1.54) is 0 Å². The van der Waals surface area contributed by atoms with Crippen LogP contribution in [0.15, 0.2) is 42.5 Å². The topological polar surface area (TPSA) is 103 Å². The molecule has 2 aromatic carbocycles. The average Bonchev–Trinajstić information content (AvgIpc) is 2.62. The first kappa shape index (κ1) is 21.0. The van der Waals surface area contributed by atoms with Gasteiger partial charge in [-0.1, -0.05) is 13.8 Å². The van der Waals surface area contributed by atoms with Gasteiger partial charge in [-0.2, -0.15) is 5.26 Å². The van der Waals surface area contributed by atoms with E-state index in [0.717, 1.165) is 3.57 Å². The first-order valence-corrected chi connectivity index (χ1v) is 9.42. The molecule has 27 heavy (non-hydrogen) atoms. The number of halogens is 1. The maximum Gasteiger partial charge on any atom is 0.412 e. The lowest BCUT2D eigenvalue weighted by atomic mass is 9.79. The van der Waals surface area contributed by atoms with Crippen LogP contribution in [0.25, 0.3) is 0 Å². The molecule has 6 nitrogen and oxygen atoms in total. The molecule has 0 saturated carbocycles. The number of nitrogens with zero attached hydrogens (tertiary/aromatic N) is 1. The maximum atomic E-state index is 12.5. The summed E-state index contributed by atoms with van der Waals surface area (Å²) in [4.78, 5) is 12.5. The molecule has 0 aliphatic carbocycles. The van der Waals surface area contributed by atoms with Crippen molar-refractivity contribution >= 4 is 34.4 Å². The quantitative estimate of drug-likeness (QED) is 0.526. The summed E-state index contributed by atoms with van der Waals surface area (Å²) in [6, 6.07) is 13.5. The lowest BCUT2D eigenvalue weighted by Gasteiger charge is -2.34. The van der Waals surface area contributed by atoms with E-state index in [2.05, 4.69) is 27.9 Å². The lowest BCUT2D eigenvalue weighted by Crippen LogP contribution is -2.30. The molecule has 2 aromatic rings. The van der Waals surface area contributed by atoms with Crippen LogP contribution in [0.3, 0.4) is 0 Å². The molecule has 142 valence electrons. The molecule has 0 radical (unpaired) electrons. The van der Waals surface area contributed by atoms with E-state index in [-0.39, 0.29) is 12.4 Å². The third-order valence-electron chi connectivity index (χ3n) is 4.22. The van der Waals surface area contributed by atoms with Crippen LogP contribution >= 0.6 is 22.6 Å². The van der Waals surface area contributed by atoms with Gasteiger partial charge in [0.2, 0.25) is 0 Å². The molecule has 0 aliphatic rings. The van der Waals surface area contributed by atoms with Crippen LogP contribution in [0.2, 0.25) is 0 Å². The Morgan fingerprint density at radius 3 is 2.56 bits per heavy atom. The van der Waals surface area contributed by atoms with Gasteiger partial charge in [0.25, 0.3) is 0 Å². The van der Waals surface area contributed by atoms with Crippen molar-refractivity contribution < 1.29 is 19.7 Å². The molecule has 2 rings (SSSR count). The first-order chi connectivity index (χ1) is 12.8. The number of aliphatic hydroxyl groups is 1. The van der Waals surface area contributed by atoms with E-state index in [9.17, 15) is 15.0 Å². The Morgan fingerprint density at radius 1 is 1.30 bits per heavy atom. The number of aromatic hydroxyl groups is 1. The van der Waals surface area contributed by atoms with Crippen molar-refractivity contribution in [3.05, 3.63) is 57.2 Å². The van der Waals surface area contributed by atoms with Crippen molar-refractivity contribution in [1.29, 1.82) is 5.26 Å². The van der Waals surface area contributed by atoms with Gasteiger partial charge in [0.05, 0.1) is 11.6 Å². The van der Waals surface area contributed by atoms with Crippen molar-refractivity contribution in [1.82, 2.24) is 0 Å². The van der Waals surface area contributed by atoms with Crippen LogP contribution in [0.1, 0.15) is 37.5 Å². The minimum absolute atomic E-state index is 0.0256. The SMILES string of the molecule is CC(C)(CCO)[C@@H](OC(=O)Nc1ccc(C#N)cc1)c1cc(I)ccc1O. The normalized spacial score (nSPS) is 12.1. The third kappa shape index (κ3) is 5.58. The molecule has 0 heterocycles. The number of ether oxygens (including phenoxy) is 1. The van der Waals surface area contributed by atoms with Gasteiger partial charge in [-0.3, -0.25) is 5.32 Å². The van der Waals surface area contributed by atoms with E-state index >= 15 is 0 Å². The van der Waals surface area contributed by atoms with E-state index < -0.39 is 17.6 Å². The average molecular weight is 480 g/mol. The predicted octanol–water partition coefficient (Wildman–Crippen LogP) is 4.57. The minimum Gasteiger partial charge on any atom is -0.508 e. The van der Waals surface area contributed by atoms with Gasteiger partial charge < -0.3 is 14.9 Å². The summed E-state index contributed by atoms with van der Waals surface area (Å²) in [5.74, 6) is 0.0256. The molecule has 0 aliphatic heterocycles. The number of benzene rings is 2. The van der Waals surface area contributed by atoms with Crippen LogP contribution in [-0.2, 0) is 4.74 Å². The standard InChI is InChI=1S/C20H21IN2O4/c1-20(2,9-10-24)18(16-11-14(21)5-8-17(16)25)27-19(26)23-15-6-3-13(12-22)4-7-15/h3-8,11,18,24-25H,9-10H2,1-2H3,(H,23,26)/t18-/m0/s1. The van der Waals surface area contributed by atoms with Crippen molar-refractivity contribution in [3.8, 4) is 11.8 Å². The Morgan fingerprint density at radius 2 is 1.96 bits per heavy atom. The fourth-order valence-corrected chi connectivity index (χ4v) is 3.20. The highest BCUT2D eigenvalue weighted by molar-refractivity contribution is 14.1. The van der Waals surface area contributed by atoms with Gasteiger partial charge in [0.1, 0.15) is 11.9 Å². The second-order valence-corrected chi connectivity index (χ2v) is 8.01. The second kappa shape index (κ2) is 9.06. The number of carbonyl (C=O) groups excluding carboxylic acids is 1. The van der Waals surface area contributed by atoms with Gasteiger partial charge >= 0.3 is 6.09 Å². The van der Waals surface area contributed by atoms with Gasteiger partial charge in [-0.25, -0.2) is 4.79 Å². The van der Waals surface area contributed by atoms with Gasteiger partial charge in [-0.05, 0) is 71.5 Å². The molecular formula is C20H21IN2O4. The molecular weight excluding hydrogens is 459 g/mol. The summed E-state index contributed by atoms with van der Waals surface area (Å²) in [6.07, 6.45) is -1.07. The summed E-state index contributed by atoms with van der Waals surface area (Å²) in [5, 5.41) is 31.1. The number of phenolic OH excluding ortho intramolecular Hbond substituents is 1. The zero-order valence-corrected chi connectivity index (χ0v) is 17.2. The number of rotatable bonds is 6. The second-order valence-electron chi connectivity index (χ2n) is 6.76. The Kier molecular flexibility index (Phi) is 7.05. The van der Waals surface area contributed by atoms with E-state index in [1.807, 2.05) is 19.9 Å². The maximum absolute atomic E-state index is 12.5. The van der Waals surface area contributed by atoms with Crippen LogP contribution in [0.4, 0.5) is 10.5 Å². The smallest absolute Gasteiger partial charge is 0.412 e. The molecule has 0 saturated heterocycles. The summed E-state index contributed by atoms with van der Waals surface area (Å²) < 4.78 is 6.55. The van der Waals surface area contributed by atoms with Crippen LogP contribution in [-0.4, -0.2) is 22.9 Å². The zero-order valence-electron chi connectivity index (χ0n) is 15.1. The highest BCUT2D eigenvalue weighted by atomic mass is 127. The van der Waals surface area contributed by atoms with Crippen LogP contribution < -0.4 is 5.32 Å². The van der Waals surface area contributed by atoms with E-state index in [4.69, 9.17) is 10.00 Å². The molecule has 0 fully saturated rings. The number of aliphatic hydroxyl groups excluding tert-OH is 1. The number of amides is 1. The Labute approximate surface area is 171 Å². The molecule has 1 atom stereocenters. The molecule has 0 bridgehead atoms. The summed E-state index contributed by atoms with van der Waals surface area (Å²) in [7, 11) is 0. The van der Waals surface area contributed by atoms with Gasteiger partial charge in [-0.15, -0.1) is 0 Å². The number of hydrogen-bond acceptors (Lipinski definition) is 5. The third-order valence-corrected chi connectivity index (χ3v) is 4.89. The zero-order chi connectivity index (χ0) is 20.0. The minimum atomic E-state index is -0.766. The van der Waals surface area contributed by atoms with Crippen molar-refractivity contribution in [2.45, 2.75) is 26.4 Å². The van der Waals surface area contributed by atoms with E-state index in [1.54, 1.807) is 42.5 Å². The number of carbonyl (C=O) groups is 1. The summed E-state index contributed by atoms with van der Waals surface area (Å²) >= 11 is 2.12. The predicted molar refractivity (Wildman–Crippen MR) is 110 cm³/mol. The molecule has 0 unspecified atom stereocenters. The fourth-order valence-electron chi connectivity index (χ4n) is 2.68. The number of nitrogens with one attached hydrogen (secondary N) is 1. The Hall–Kier alpha value is -2.31. The first-order valence-electron chi connectivity index (χ1n) is 8.34. The molecule has 7 heteroatoms. The fraction of sp³-hybridized carbons (Fsp3) is 0.300. The van der Waals surface area contributed by atoms with Crippen LogP contribution in [0, 0.1) is 20.3 Å². The van der Waals surface area contributed by atoms with Gasteiger partial charge in [0, 0.05) is 26.8 Å². The monoisotopic (exact) mass is 480 g/mol. The van der Waals surface area contributed by atoms with Crippen LogP contribution in [0.5, 0.6) is 5.75 Å².